The lowest BCUT2D eigenvalue weighted by Gasteiger charge is -2.43. The van der Waals surface area contributed by atoms with E-state index in [1.54, 1.807) is 21.1 Å². The first kappa shape index (κ1) is 24.1. The Labute approximate surface area is 183 Å². The van der Waals surface area contributed by atoms with Gasteiger partial charge in [0.1, 0.15) is 49.1 Å². The fourth-order valence-electron chi connectivity index (χ4n) is 3.73. The van der Waals surface area contributed by atoms with Gasteiger partial charge in [-0.05, 0) is 12.1 Å². The molecule has 3 atom stereocenters. The van der Waals surface area contributed by atoms with Crippen molar-refractivity contribution in [2.24, 2.45) is 5.92 Å². The zero-order valence-electron chi connectivity index (χ0n) is 17.7. The first-order valence-electron chi connectivity index (χ1n) is 9.57. The molecule has 0 amide bonds. The Morgan fingerprint density at radius 1 is 1.12 bits per heavy atom. The van der Waals surface area contributed by atoms with E-state index in [1.807, 2.05) is 0 Å². The Kier molecular flexibility index (Phi) is 7.16. The number of quaternary nitrogens is 1. The quantitative estimate of drug-likeness (QED) is 0.339. The highest BCUT2D eigenvalue weighted by Crippen LogP contribution is 2.43. The molecule has 0 saturated carbocycles. The monoisotopic (exact) mass is 471 g/mol. The number of aromatic nitrogens is 6. The van der Waals surface area contributed by atoms with Crippen molar-refractivity contribution < 1.29 is 32.1 Å². The Hall–Kier alpha value is -2.57. The average Bonchev–Trinajstić information content (AvgIpc) is 3.34. The maximum atomic E-state index is 14.9. The van der Waals surface area contributed by atoms with Crippen LogP contribution < -0.4 is 4.89 Å². The van der Waals surface area contributed by atoms with E-state index < -0.39 is 37.5 Å². The van der Waals surface area contributed by atoms with Gasteiger partial charge in [0.15, 0.2) is 0 Å². The minimum atomic E-state index is -5.27. The van der Waals surface area contributed by atoms with Crippen LogP contribution in [0.4, 0.5) is 8.78 Å². The third kappa shape index (κ3) is 6.24. The number of phosphoric acid groups is 1. The first-order valence-corrected chi connectivity index (χ1v) is 11.1. The Morgan fingerprint density at radius 3 is 2.09 bits per heavy atom. The summed E-state index contributed by atoms with van der Waals surface area (Å²) in [6, 6.07) is 2.07. The van der Waals surface area contributed by atoms with Crippen molar-refractivity contribution in [3.05, 3.63) is 60.7 Å². The van der Waals surface area contributed by atoms with Gasteiger partial charge in [0.25, 0.3) is 7.82 Å². The number of hydrogen-bond acceptors (Lipinski definition) is 7. The third-order valence-corrected chi connectivity index (χ3v) is 5.43. The molecule has 14 heteroatoms. The van der Waals surface area contributed by atoms with Crippen molar-refractivity contribution in [2.45, 2.75) is 25.2 Å². The first-order chi connectivity index (χ1) is 14.9. The van der Waals surface area contributed by atoms with Crippen LogP contribution >= 0.6 is 7.82 Å². The summed E-state index contributed by atoms with van der Waals surface area (Å²) in [5.74, 6) is -2.35. The van der Waals surface area contributed by atoms with Gasteiger partial charge >= 0.3 is 0 Å². The van der Waals surface area contributed by atoms with Crippen LogP contribution in [-0.4, -0.2) is 66.2 Å². The zero-order chi connectivity index (χ0) is 23.5. The lowest BCUT2D eigenvalue weighted by molar-refractivity contribution is -0.906. The molecule has 2 heterocycles. The fourth-order valence-corrected chi connectivity index (χ4v) is 4.33. The van der Waals surface area contributed by atoms with Gasteiger partial charge in [-0.15, -0.1) is 0 Å². The smallest absolute Gasteiger partial charge is 0.265 e. The molecule has 0 bridgehead atoms. The predicted molar refractivity (Wildman–Crippen MR) is 105 cm³/mol. The number of benzene rings is 1. The van der Waals surface area contributed by atoms with Crippen molar-refractivity contribution in [3.8, 4) is 0 Å². The van der Waals surface area contributed by atoms with Crippen LogP contribution in [0.3, 0.4) is 0 Å². The van der Waals surface area contributed by atoms with Crippen molar-refractivity contribution in [3.63, 3.8) is 0 Å². The molecule has 2 aromatic heterocycles. The summed E-state index contributed by atoms with van der Waals surface area (Å²) in [5.41, 5.74) is 0.0273. The summed E-state index contributed by atoms with van der Waals surface area (Å²) in [7, 11) is -0.150. The van der Waals surface area contributed by atoms with E-state index in [2.05, 4.69) is 20.2 Å². The molecule has 0 spiro atoms. The Balaban J connectivity index is 2.13. The molecule has 3 unspecified atom stereocenters. The molecular weight excluding hydrogens is 447 g/mol. The van der Waals surface area contributed by atoms with Crippen molar-refractivity contribution in [2.75, 3.05) is 21.1 Å². The lowest BCUT2D eigenvalue weighted by atomic mass is 9.88. The van der Waals surface area contributed by atoms with Gasteiger partial charge in [-0.1, -0.05) is 0 Å². The standard InChI is InChI=1S/C18H24F2N7O4P/c1-27(2,3)17(15-5-4-14(19)6-16(15)20)18(31-32(28,29)30)13(7-25-11-21-9-23-25)8-26-12-22-10-24-26/h4-6,9-13,17-18H,7-8H2,1-3H3,(H-,28,29,30). The normalized spacial score (nSPS) is 16.1. The van der Waals surface area contributed by atoms with Crippen LogP contribution in [0.15, 0.2) is 43.5 Å². The van der Waals surface area contributed by atoms with Crippen molar-refractivity contribution in [1.29, 1.82) is 0 Å². The van der Waals surface area contributed by atoms with Gasteiger partial charge in [0.05, 0.1) is 34.2 Å². The maximum Gasteiger partial charge on any atom is 0.265 e. The van der Waals surface area contributed by atoms with Crippen molar-refractivity contribution in [1.82, 2.24) is 29.5 Å². The van der Waals surface area contributed by atoms with E-state index in [1.165, 1.54) is 40.7 Å². The summed E-state index contributed by atoms with van der Waals surface area (Å²) in [6.07, 6.45) is 4.19. The Morgan fingerprint density at radius 2 is 1.69 bits per heavy atom. The summed E-state index contributed by atoms with van der Waals surface area (Å²) in [5, 5.41) is 8.11. The summed E-state index contributed by atoms with van der Waals surface area (Å²) < 4.78 is 48.4. The molecule has 0 aliphatic rings. The molecule has 1 N–H and O–H groups in total. The van der Waals surface area contributed by atoms with Gasteiger partial charge in [-0.3, -0.25) is 13.9 Å². The molecule has 0 aliphatic carbocycles. The van der Waals surface area contributed by atoms with E-state index >= 15 is 0 Å². The van der Waals surface area contributed by atoms with E-state index in [0.29, 0.717) is 6.07 Å². The van der Waals surface area contributed by atoms with Crippen LogP contribution in [0, 0.1) is 17.6 Å². The maximum absolute atomic E-state index is 14.9. The third-order valence-electron chi connectivity index (χ3n) is 4.92. The van der Waals surface area contributed by atoms with E-state index in [0.717, 1.165) is 6.07 Å². The average molecular weight is 471 g/mol. The van der Waals surface area contributed by atoms with Crippen LogP contribution in [0.25, 0.3) is 0 Å². The molecule has 0 saturated heterocycles. The van der Waals surface area contributed by atoms with E-state index in [9.17, 15) is 23.1 Å². The molecule has 3 rings (SSSR count). The summed E-state index contributed by atoms with van der Waals surface area (Å²) in [4.78, 5) is 29.3. The second kappa shape index (κ2) is 9.51. The SMILES string of the molecule is C[N+](C)(C)C(c1ccc(F)cc1F)C(OP(=O)([O-])O)C(Cn1cncn1)Cn1cncn1. The number of nitrogens with zero attached hydrogens (tertiary/aromatic N) is 7. The molecule has 1 aromatic carbocycles. The molecule has 11 nitrogen and oxygen atoms in total. The summed E-state index contributed by atoms with van der Waals surface area (Å²) >= 11 is 0. The number of rotatable bonds is 10. The van der Waals surface area contributed by atoms with E-state index in [-0.39, 0.29) is 23.1 Å². The molecular formula is C18H24F2N7O4P. The predicted octanol–water partition coefficient (Wildman–Crippen LogP) is 0.758. The van der Waals surface area contributed by atoms with Crippen LogP contribution in [0.5, 0.6) is 0 Å². The molecule has 3 aromatic rings. The van der Waals surface area contributed by atoms with Gasteiger partial charge < -0.3 is 18.8 Å². The fraction of sp³-hybridized carbons (Fsp3) is 0.444. The topological polar surface area (TPSA) is 131 Å². The van der Waals surface area contributed by atoms with Crippen LogP contribution in [0.2, 0.25) is 0 Å². The number of phosphoric ester groups is 1. The molecule has 0 fully saturated rings. The Bertz CT molecular complexity index is 1020. The van der Waals surface area contributed by atoms with Crippen LogP contribution in [0.1, 0.15) is 11.6 Å². The second-order valence-corrected chi connectivity index (χ2v) is 9.41. The lowest BCUT2D eigenvalue weighted by Crippen LogP contribution is -2.50. The molecule has 0 aliphatic heterocycles. The van der Waals surface area contributed by atoms with Gasteiger partial charge in [0.2, 0.25) is 0 Å². The van der Waals surface area contributed by atoms with Gasteiger partial charge in [-0.2, -0.15) is 10.2 Å². The highest BCUT2D eigenvalue weighted by Gasteiger charge is 2.43. The highest BCUT2D eigenvalue weighted by molar-refractivity contribution is 7.44. The number of halogens is 2. The molecule has 174 valence electrons. The minimum Gasteiger partial charge on any atom is -0.756 e. The van der Waals surface area contributed by atoms with Crippen molar-refractivity contribution >= 4 is 7.82 Å². The highest BCUT2D eigenvalue weighted by atomic mass is 31.2. The van der Waals surface area contributed by atoms with E-state index in [4.69, 9.17) is 4.52 Å². The number of likely N-dealkylation sites (N-methyl/N-ethyl adjacent to an activating group) is 1. The van der Waals surface area contributed by atoms with Crippen LogP contribution in [-0.2, 0) is 22.2 Å². The summed E-state index contributed by atoms with van der Waals surface area (Å²) in [6.45, 7) is 0.202. The molecule has 32 heavy (non-hydrogen) atoms. The van der Waals surface area contributed by atoms with Gasteiger partial charge in [0, 0.05) is 17.5 Å². The second-order valence-electron chi connectivity index (χ2n) is 8.26. The largest absolute Gasteiger partial charge is 0.756 e. The zero-order valence-corrected chi connectivity index (χ0v) is 18.6. The molecule has 0 radical (unpaired) electrons. The number of hydrogen-bond donors (Lipinski definition) is 1. The van der Waals surface area contributed by atoms with Gasteiger partial charge in [-0.25, -0.2) is 18.7 Å². The minimum absolute atomic E-state index is 0.00155.